The molecule has 0 amide bonds. The lowest BCUT2D eigenvalue weighted by atomic mass is 9.96. The summed E-state index contributed by atoms with van der Waals surface area (Å²) < 4.78 is 5.26. The normalized spacial score (nSPS) is 14.7. The van der Waals surface area contributed by atoms with Crippen LogP contribution in [-0.4, -0.2) is 18.3 Å². The Hall–Kier alpha value is -0.770. The van der Waals surface area contributed by atoms with Crippen LogP contribution in [0.1, 0.15) is 29.7 Å². The summed E-state index contributed by atoms with van der Waals surface area (Å²) in [5.74, 6) is 0.629. The largest absolute Gasteiger partial charge is 0.496 e. The second kappa shape index (κ2) is 5.04. The third-order valence-electron chi connectivity index (χ3n) is 2.71. The fourth-order valence-corrected chi connectivity index (χ4v) is 1.89. The summed E-state index contributed by atoms with van der Waals surface area (Å²) in [6, 6.07) is 1.45. The fraction of sp³-hybridized carbons (Fsp3) is 0.500. The zero-order valence-corrected chi connectivity index (χ0v) is 10.8. The van der Waals surface area contributed by atoms with Crippen molar-refractivity contribution in [3.63, 3.8) is 0 Å². The molecule has 3 nitrogen and oxygen atoms in total. The molecular weight excluding hydrogens is 226 g/mol. The van der Waals surface area contributed by atoms with E-state index in [0.29, 0.717) is 16.3 Å². The first kappa shape index (κ1) is 13.3. The standard InChI is InChI=1S/C12H18ClNO2/c1-6-5-9(16-4)10(7(2)11(6)13)12(15)8(3)14/h5,8,12,15H,14H2,1-4H3. The predicted octanol–water partition coefficient (Wildman–Crippen LogP) is 2.35. The second-order valence-electron chi connectivity index (χ2n) is 4.05. The molecule has 3 N–H and O–H groups in total. The van der Waals surface area contributed by atoms with Crippen molar-refractivity contribution in [2.45, 2.75) is 32.9 Å². The molecule has 0 saturated heterocycles. The predicted molar refractivity (Wildman–Crippen MR) is 66.1 cm³/mol. The van der Waals surface area contributed by atoms with Gasteiger partial charge >= 0.3 is 0 Å². The zero-order valence-electron chi connectivity index (χ0n) is 10.0. The van der Waals surface area contributed by atoms with Crippen molar-refractivity contribution in [3.8, 4) is 5.75 Å². The van der Waals surface area contributed by atoms with E-state index >= 15 is 0 Å². The molecule has 1 aromatic carbocycles. The van der Waals surface area contributed by atoms with Gasteiger partial charge in [-0.2, -0.15) is 0 Å². The van der Waals surface area contributed by atoms with Gasteiger partial charge < -0.3 is 15.6 Å². The molecular formula is C12H18ClNO2. The van der Waals surface area contributed by atoms with Crippen molar-refractivity contribution in [3.05, 3.63) is 27.8 Å². The third-order valence-corrected chi connectivity index (χ3v) is 3.29. The van der Waals surface area contributed by atoms with Gasteiger partial charge in [0.25, 0.3) is 0 Å². The molecule has 0 aromatic heterocycles. The van der Waals surface area contributed by atoms with E-state index in [1.165, 1.54) is 0 Å². The monoisotopic (exact) mass is 243 g/mol. The maximum absolute atomic E-state index is 10.0. The van der Waals surface area contributed by atoms with Gasteiger partial charge in [-0.25, -0.2) is 0 Å². The molecule has 0 radical (unpaired) electrons. The van der Waals surface area contributed by atoms with E-state index in [1.807, 2.05) is 19.9 Å². The molecule has 4 heteroatoms. The number of nitrogens with two attached hydrogens (primary N) is 1. The van der Waals surface area contributed by atoms with Crippen LogP contribution in [0.5, 0.6) is 5.75 Å². The van der Waals surface area contributed by atoms with Crippen LogP contribution in [0.2, 0.25) is 5.02 Å². The number of methoxy groups -OCH3 is 1. The van der Waals surface area contributed by atoms with E-state index in [2.05, 4.69) is 0 Å². The molecule has 0 fully saturated rings. The molecule has 0 aliphatic carbocycles. The SMILES string of the molecule is COc1cc(C)c(Cl)c(C)c1C(O)C(C)N. The van der Waals surface area contributed by atoms with Crippen molar-refractivity contribution < 1.29 is 9.84 Å². The van der Waals surface area contributed by atoms with E-state index in [-0.39, 0.29) is 6.04 Å². The van der Waals surface area contributed by atoms with Gasteiger partial charge in [0.1, 0.15) is 5.75 Å². The fourth-order valence-electron chi connectivity index (χ4n) is 1.74. The minimum absolute atomic E-state index is 0.369. The lowest BCUT2D eigenvalue weighted by molar-refractivity contribution is 0.149. The number of hydrogen-bond donors (Lipinski definition) is 2. The first-order valence-electron chi connectivity index (χ1n) is 5.17. The van der Waals surface area contributed by atoms with Crippen LogP contribution in [0.3, 0.4) is 0 Å². The Balaban J connectivity index is 3.41. The number of hydrogen-bond acceptors (Lipinski definition) is 3. The Kier molecular flexibility index (Phi) is 4.19. The van der Waals surface area contributed by atoms with E-state index in [4.69, 9.17) is 22.1 Å². The number of aliphatic hydroxyl groups is 1. The lowest BCUT2D eigenvalue weighted by Gasteiger charge is -2.22. The van der Waals surface area contributed by atoms with Gasteiger partial charge in [0, 0.05) is 16.6 Å². The van der Waals surface area contributed by atoms with Crippen LogP contribution in [0.4, 0.5) is 0 Å². The first-order chi connectivity index (χ1) is 7.40. The summed E-state index contributed by atoms with van der Waals surface area (Å²) in [5, 5.41) is 10.7. The number of rotatable bonds is 3. The number of halogens is 1. The van der Waals surface area contributed by atoms with Crippen molar-refractivity contribution in [2.75, 3.05) is 7.11 Å². The Morgan fingerprint density at radius 3 is 2.44 bits per heavy atom. The number of benzene rings is 1. The highest BCUT2D eigenvalue weighted by Crippen LogP contribution is 2.36. The van der Waals surface area contributed by atoms with Crippen molar-refractivity contribution in [1.29, 1.82) is 0 Å². The summed E-state index contributed by atoms with van der Waals surface area (Å²) in [6.07, 6.45) is -0.770. The van der Waals surface area contributed by atoms with Gasteiger partial charge in [0.05, 0.1) is 13.2 Å². The molecule has 1 rings (SSSR count). The van der Waals surface area contributed by atoms with Crippen molar-refractivity contribution in [2.24, 2.45) is 5.73 Å². The molecule has 16 heavy (non-hydrogen) atoms. The lowest BCUT2D eigenvalue weighted by Crippen LogP contribution is -2.25. The van der Waals surface area contributed by atoms with Crippen LogP contribution in [0, 0.1) is 13.8 Å². The maximum Gasteiger partial charge on any atom is 0.125 e. The Morgan fingerprint density at radius 1 is 1.44 bits per heavy atom. The minimum atomic E-state index is -0.770. The van der Waals surface area contributed by atoms with Gasteiger partial charge in [-0.05, 0) is 38.0 Å². The average molecular weight is 244 g/mol. The quantitative estimate of drug-likeness (QED) is 0.857. The van der Waals surface area contributed by atoms with Gasteiger partial charge in [0.15, 0.2) is 0 Å². The summed E-state index contributed by atoms with van der Waals surface area (Å²) in [7, 11) is 1.57. The zero-order chi connectivity index (χ0) is 12.5. The van der Waals surface area contributed by atoms with Crippen LogP contribution in [0.25, 0.3) is 0 Å². The molecule has 0 aliphatic rings. The number of ether oxygens (including phenoxy) is 1. The van der Waals surface area contributed by atoms with E-state index < -0.39 is 6.10 Å². The van der Waals surface area contributed by atoms with Crippen LogP contribution in [0.15, 0.2) is 6.07 Å². The summed E-state index contributed by atoms with van der Waals surface area (Å²) in [6.45, 7) is 5.51. The molecule has 1 aromatic rings. The van der Waals surface area contributed by atoms with E-state index in [1.54, 1.807) is 14.0 Å². The topological polar surface area (TPSA) is 55.5 Å². The smallest absolute Gasteiger partial charge is 0.125 e. The van der Waals surface area contributed by atoms with Crippen molar-refractivity contribution in [1.82, 2.24) is 0 Å². The minimum Gasteiger partial charge on any atom is -0.496 e. The third kappa shape index (κ3) is 2.32. The molecule has 90 valence electrons. The van der Waals surface area contributed by atoms with Crippen molar-refractivity contribution >= 4 is 11.6 Å². The molecule has 2 unspecified atom stereocenters. The van der Waals surface area contributed by atoms with Crippen LogP contribution < -0.4 is 10.5 Å². The second-order valence-corrected chi connectivity index (χ2v) is 4.43. The highest BCUT2D eigenvalue weighted by molar-refractivity contribution is 6.32. The molecule has 0 spiro atoms. The van der Waals surface area contributed by atoms with Gasteiger partial charge in [0.2, 0.25) is 0 Å². The summed E-state index contributed by atoms with van der Waals surface area (Å²) in [5.41, 5.74) is 8.12. The highest BCUT2D eigenvalue weighted by Gasteiger charge is 2.22. The van der Waals surface area contributed by atoms with Gasteiger partial charge in [-0.15, -0.1) is 0 Å². The number of aryl methyl sites for hydroxylation is 1. The summed E-state index contributed by atoms with van der Waals surface area (Å²) in [4.78, 5) is 0. The Bertz CT molecular complexity index is 391. The molecule has 0 bridgehead atoms. The van der Waals surface area contributed by atoms with E-state index in [9.17, 15) is 5.11 Å². The van der Waals surface area contributed by atoms with Gasteiger partial charge in [-0.3, -0.25) is 0 Å². The summed E-state index contributed by atoms with van der Waals surface area (Å²) >= 11 is 6.15. The molecule has 0 aliphatic heterocycles. The van der Waals surface area contributed by atoms with E-state index in [0.717, 1.165) is 11.1 Å². The molecule has 0 saturated carbocycles. The van der Waals surface area contributed by atoms with Crippen LogP contribution >= 0.6 is 11.6 Å². The average Bonchev–Trinajstić information content (AvgIpc) is 2.24. The highest BCUT2D eigenvalue weighted by atomic mass is 35.5. The Labute approximate surface area is 101 Å². The number of aliphatic hydroxyl groups excluding tert-OH is 1. The Morgan fingerprint density at radius 2 is 2.00 bits per heavy atom. The maximum atomic E-state index is 10.0. The molecule has 2 atom stereocenters. The van der Waals surface area contributed by atoms with Crippen LogP contribution in [-0.2, 0) is 0 Å². The first-order valence-corrected chi connectivity index (χ1v) is 5.55. The van der Waals surface area contributed by atoms with Gasteiger partial charge in [-0.1, -0.05) is 11.6 Å². The molecule has 0 heterocycles.